The van der Waals surface area contributed by atoms with Gasteiger partial charge < -0.3 is 9.84 Å². The maximum absolute atomic E-state index is 10.7. The first-order valence-electron chi connectivity index (χ1n) is 3.68. The van der Waals surface area contributed by atoms with Gasteiger partial charge in [0.2, 0.25) is 0 Å². The smallest absolute Gasteiger partial charge is 0.330 e. The Hall–Kier alpha value is -1.09. The van der Waals surface area contributed by atoms with Crippen molar-refractivity contribution in [3.63, 3.8) is 0 Å². The average molecular weight is 170 g/mol. The minimum Gasteiger partial charge on any atom is -0.466 e. The predicted molar refractivity (Wildman–Crippen MR) is 46.6 cm³/mol. The lowest BCUT2D eigenvalue weighted by Gasteiger charge is -1.94. The van der Waals surface area contributed by atoms with E-state index in [4.69, 9.17) is 5.11 Å². The lowest BCUT2D eigenvalue weighted by molar-refractivity contribution is -0.134. The van der Waals surface area contributed by atoms with Gasteiger partial charge in [-0.2, -0.15) is 0 Å². The van der Waals surface area contributed by atoms with Gasteiger partial charge in [-0.15, -0.1) is 0 Å². The maximum Gasteiger partial charge on any atom is 0.330 e. The Morgan fingerprint density at radius 2 is 2.17 bits per heavy atom. The number of aliphatic hydroxyl groups excluding tert-OH is 1. The molecule has 0 aliphatic rings. The molecule has 3 nitrogen and oxygen atoms in total. The average Bonchev–Trinajstić information content (AvgIpc) is 2.00. The molecule has 3 heteroatoms. The van der Waals surface area contributed by atoms with E-state index in [-0.39, 0.29) is 5.97 Å². The third-order valence-electron chi connectivity index (χ3n) is 1.18. The normalized spacial score (nSPS) is 14.8. The fraction of sp³-hybridized carbons (Fsp3) is 0.444. The second-order valence-electron chi connectivity index (χ2n) is 2.51. The Morgan fingerprint density at radius 1 is 1.58 bits per heavy atom. The van der Waals surface area contributed by atoms with Gasteiger partial charge in [-0.25, -0.2) is 4.79 Å². The van der Waals surface area contributed by atoms with Crippen molar-refractivity contribution in [2.45, 2.75) is 20.0 Å². The molecule has 1 N–H and O–H groups in total. The van der Waals surface area contributed by atoms with E-state index in [1.807, 2.05) is 0 Å². The van der Waals surface area contributed by atoms with Crippen LogP contribution >= 0.6 is 0 Å². The van der Waals surface area contributed by atoms with E-state index >= 15 is 0 Å². The Kier molecular flexibility index (Phi) is 5.04. The molecule has 0 rings (SSSR count). The largest absolute Gasteiger partial charge is 0.466 e. The second kappa shape index (κ2) is 5.55. The molecule has 0 spiro atoms. The summed E-state index contributed by atoms with van der Waals surface area (Å²) in [4.78, 5) is 10.7. The molecule has 0 saturated carbocycles. The van der Waals surface area contributed by atoms with Crippen LogP contribution < -0.4 is 0 Å². The van der Waals surface area contributed by atoms with Crippen molar-refractivity contribution in [3.05, 3.63) is 23.8 Å². The molecule has 68 valence electrons. The molecule has 0 amide bonds. The summed E-state index contributed by atoms with van der Waals surface area (Å²) in [5.74, 6) is -0.386. The summed E-state index contributed by atoms with van der Waals surface area (Å²) >= 11 is 0. The van der Waals surface area contributed by atoms with Crippen LogP contribution in [0.3, 0.4) is 0 Å². The van der Waals surface area contributed by atoms with Crippen LogP contribution in [-0.4, -0.2) is 24.3 Å². The SMILES string of the molecule is COC(=O)/C=C(C)/C=C/C(C)O. The summed E-state index contributed by atoms with van der Waals surface area (Å²) in [6, 6.07) is 0. The molecular formula is C9H14O3. The first-order valence-corrected chi connectivity index (χ1v) is 3.68. The van der Waals surface area contributed by atoms with Crippen molar-refractivity contribution in [1.82, 2.24) is 0 Å². The van der Waals surface area contributed by atoms with E-state index in [2.05, 4.69) is 4.74 Å². The van der Waals surface area contributed by atoms with E-state index in [0.29, 0.717) is 0 Å². The summed E-state index contributed by atoms with van der Waals surface area (Å²) in [7, 11) is 1.32. The van der Waals surface area contributed by atoms with Gasteiger partial charge in [-0.05, 0) is 19.4 Å². The Morgan fingerprint density at radius 3 is 2.58 bits per heavy atom. The molecule has 0 heterocycles. The number of ether oxygens (including phenoxy) is 1. The monoisotopic (exact) mass is 170 g/mol. The summed E-state index contributed by atoms with van der Waals surface area (Å²) in [6.07, 6.45) is 4.13. The van der Waals surface area contributed by atoms with E-state index in [0.717, 1.165) is 5.57 Å². The van der Waals surface area contributed by atoms with Gasteiger partial charge in [0.25, 0.3) is 0 Å². The first kappa shape index (κ1) is 10.9. The van der Waals surface area contributed by atoms with Crippen LogP contribution in [0.2, 0.25) is 0 Å². The molecule has 0 fully saturated rings. The Labute approximate surface area is 72.3 Å². The van der Waals surface area contributed by atoms with Crippen LogP contribution in [0.15, 0.2) is 23.8 Å². The third kappa shape index (κ3) is 5.68. The van der Waals surface area contributed by atoms with Crippen molar-refractivity contribution in [3.8, 4) is 0 Å². The highest BCUT2D eigenvalue weighted by Crippen LogP contribution is 1.96. The summed E-state index contributed by atoms with van der Waals surface area (Å²) in [5, 5.41) is 8.86. The van der Waals surface area contributed by atoms with Gasteiger partial charge in [0.15, 0.2) is 0 Å². The van der Waals surface area contributed by atoms with Gasteiger partial charge in [0.1, 0.15) is 0 Å². The molecule has 1 atom stereocenters. The highest BCUT2D eigenvalue weighted by molar-refractivity contribution is 5.83. The van der Waals surface area contributed by atoms with E-state index < -0.39 is 6.10 Å². The molecule has 0 saturated heterocycles. The predicted octanol–water partition coefficient (Wildman–Crippen LogP) is 1.04. The number of carbonyl (C=O) groups excluding carboxylic acids is 1. The molecule has 0 aromatic heterocycles. The van der Waals surface area contributed by atoms with Crippen molar-refractivity contribution >= 4 is 5.97 Å². The topological polar surface area (TPSA) is 46.5 Å². The van der Waals surface area contributed by atoms with E-state index in [1.165, 1.54) is 13.2 Å². The minimum atomic E-state index is -0.494. The fourth-order valence-electron chi connectivity index (χ4n) is 0.584. The maximum atomic E-state index is 10.7. The standard InChI is InChI=1S/C9H14O3/c1-7(4-5-8(2)10)6-9(11)12-3/h4-6,8,10H,1-3H3/b5-4+,7-6+. The number of hydrogen-bond donors (Lipinski definition) is 1. The summed E-state index contributed by atoms with van der Waals surface area (Å²) in [5.41, 5.74) is 0.753. The minimum absolute atomic E-state index is 0.386. The number of methoxy groups -OCH3 is 1. The first-order chi connectivity index (χ1) is 5.56. The Balaban J connectivity index is 4.11. The molecule has 0 radical (unpaired) electrons. The molecular weight excluding hydrogens is 156 g/mol. The number of aliphatic hydroxyl groups is 1. The van der Waals surface area contributed by atoms with E-state index in [9.17, 15) is 4.79 Å². The molecule has 0 aliphatic heterocycles. The van der Waals surface area contributed by atoms with Crippen molar-refractivity contribution in [2.75, 3.05) is 7.11 Å². The summed E-state index contributed by atoms with van der Waals surface area (Å²) < 4.78 is 4.42. The van der Waals surface area contributed by atoms with Crippen molar-refractivity contribution in [1.29, 1.82) is 0 Å². The van der Waals surface area contributed by atoms with Gasteiger partial charge in [-0.3, -0.25) is 0 Å². The lowest BCUT2D eigenvalue weighted by atomic mass is 10.2. The van der Waals surface area contributed by atoms with Crippen LogP contribution in [0.5, 0.6) is 0 Å². The van der Waals surface area contributed by atoms with Gasteiger partial charge in [0, 0.05) is 6.08 Å². The molecule has 1 unspecified atom stereocenters. The van der Waals surface area contributed by atoms with Gasteiger partial charge in [0.05, 0.1) is 13.2 Å². The molecule has 0 aromatic carbocycles. The summed E-state index contributed by atoms with van der Waals surface area (Å²) in [6.45, 7) is 3.40. The van der Waals surface area contributed by atoms with Crippen LogP contribution in [-0.2, 0) is 9.53 Å². The second-order valence-corrected chi connectivity index (χ2v) is 2.51. The lowest BCUT2D eigenvalue weighted by Crippen LogP contribution is -1.96. The number of esters is 1. The van der Waals surface area contributed by atoms with Crippen LogP contribution in [0.4, 0.5) is 0 Å². The van der Waals surface area contributed by atoms with E-state index in [1.54, 1.807) is 26.0 Å². The van der Waals surface area contributed by atoms with Crippen LogP contribution in [0.1, 0.15) is 13.8 Å². The zero-order valence-electron chi connectivity index (χ0n) is 7.57. The molecule has 12 heavy (non-hydrogen) atoms. The number of carbonyl (C=O) groups is 1. The van der Waals surface area contributed by atoms with Gasteiger partial charge >= 0.3 is 5.97 Å². The Bertz CT molecular complexity index is 202. The number of allylic oxidation sites excluding steroid dienone is 2. The number of rotatable bonds is 3. The van der Waals surface area contributed by atoms with Crippen molar-refractivity contribution < 1.29 is 14.6 Å². The van der Waals surface area contributed by atoms with Gasteiger partial charge in [-0.1, -0.05) is 12.2 Å². The van der Waals surface area contributed by atoms with Crippen LogP contribution in [0.25, 0.3) is 0 Å². The van der Waals surface area contributed by atoms with Crippen molar-refractivity contribution in [2.24, 2.45) is 0 Å². The fourth-order valence-corrected chi connectivity index (χ4v) is 0.584. The molecule has 0 aliphatic carbocycles. The highest BCUT2D eigenvalue weighted by Gasteiger charge is 1.93. The van der Waals surface area contributed by atoms with Crippen LogP contribution in [0, 0.1) is 0 Å². The molecule has 0 aromatic rings. The zero-order valence-corrected chi connectivity index (χ0v) is 7.57. The highest BCUT2D eigenvalue weighted by atomic mass is 16.5. The third-order valence-corrected chi connectivity index (χ3v) is 1.18. The molecule has 0 bridgehead atoms. The number of hydrogen-bond acceptors (Lipinski definition) is 3. The zero-order chi connectivity index (χ0) is 9.56. The quantitative estimate of drug-likeness (QED) is 0.391.